The Morgan fingerprint density at radius 3 is 2.09 bits per heavy atom. The molecule has 1 aromatic carbocycles. The number of hydrogen-bond acceptors (Lipinski definition) is 8. The number of likely N-dealkylation sites (N-methyl/N-ethyl adjacent to an activating group) is 2. The molecule has 13 nitrogen and oxygen atoms in total. The van der Waals surface area contributed by atoms with Crippen molar-refractivity contribution in [3.05, 3.63) is 35.6 Å². The predicted octanol–water partition coefficient (Wildman–Crippen LogP) is 3.24. The van der Waals surface area contributed by atoms with E-state index in [0.29, 0.717) is 12.8 Å². The molecule has 1 aromatic rings. The smallest absolute Gasteiger partial charge is 0.326 e. The van der Waals surface area contributed by atoms with Crippen molar-refractivity contribution in [2.75, 3.05) is 28.3 Å². The Morgan fingerprint density at radius 2 is 1.57 bits per heavy atom. The van der Waals surface area contributed by atoms with E-state index >= 15 is 0 Å². The molecule has 4 N–H and O–H groups in total. The highest BCUT2D eigenvalue weighted by Gasteiger charge is 2.57. The molecule has 0 aromatic heterocycles. The van der Waals surface area contributed by atoms with Crippen LogP contribution >= 0.6 is 0 Å². The maximum absolute atomic E-state index is 14.4. The third kappa shape index (κ3) is 10.6. The number of rotatable bonds is 21. The number of benzene rings is 1. The summed E-state index contributed by atoms with van der Waals surface area (Å²) in [5, 5.41) is 18.4. The van der Waals surface area contributed by atoms with Gasteiger partial charge in [-0.1, -0.05) is 73.1 Å². The minimum atomic E-state index is -1.37. The van der Waals surface area contributed by atoms with Crippen molar-refractivity contribution in [3.63, 3.8) is 0 Å². The maximum Gasteiger partial charge on any atom is 0.326 e. The van der Waals surface area contributed by atoms with E-state index in [2.05, 4.69) is 16.0 Å². The van der Waals surface area contributed by atoms with Crippen LogP contribution in [0.4, 0.5) is 4.39 Å². The van der Waals surface area contributed by atoms with Crippen LogP contribution in [-0.4, -0.2) is 121 Å². The number of hydrogen-bond donors (Lipinski definition) is 4. The Morgan fingerprint density at radius 1 is 0.944 bits per heavy atom. The van der Waals surface area contributed by atoms with Gasteiger partial charge < -0.3 is 40.3 Å². The summed E-state index contributed by atoms with van der Waals surface area (Å²) in [6.07, 6.45) is 0.457. The van der Waals surface area contributed by atoms with Crippen LogP contribution in [0, 0.1) is 35.4 Å². The van der Waals surface area contributed by atoms with E-state index in [4.69, 9.17) is 9.47 Å². The number of aliphatic carboxylic acids is 1. The van der Waals surface area contributed by atoms with E-state index in [1.54, 1.807) is 36.9 Å². The molecule has 2 aliphatic rings. The van der Waals surface area contributed by atoms with Crippen molar-refractivity contribution >= 4 is 29.6 Å². The Balaban J connectivity index is 1.81. The first-order valence-electron chi connectivity index (χ1n) is 19.3. The van der Waals surface area contributed by atoms with Gasteiger partial charge in [-0.15, -0.1) is 0 Å². The molecule has 0 radical (unpaired) electrons. The van der Waals surface area contributed by atoms with Crippen LogP contribution in [-0.2, 0) is 39.9 Å². The lowest BCUT2D eigenvalue weighted by Gasteiger charge is -2.41. The lowest BCUT2D eigenvalue weighted by molar-refractivity contribution is -0.149. The van der Waals surface area contributed by atoms with Gasteiger partial charge in [0.1, 0.15) is 17.9 Å². The van der Waals surface area contributed by atoms with Gasteiger partial charge in [0.2, 0.25) is 23.6 Å². The number of amides is 4. The van der Waals surface area contributed by atoms with Gasteiger partial charge in [0.15, 0.2) is 0 Å². The van der Waals surface area contributed by atoms with Crippen molar-refractivity contribution < 1.29 is 42.9 Å². The summed E-state index contributed by atoms with van der Waals surface area (Å²) >= 11 is 0. The Hall–Kier alpha value is -3.62. The van der Waals surface area contributed by atoms with Crippen LogP contribution in [0.5, 0.6) is 0 Å². The molecule has 1 aliphatic heterocycles. The first kappa shape index (κ1) is 44.8. The number of fused-ring (bicyclic) bond motifs is 1. The molecule has 2 fully saturated rings. The van der Waals surface area contributed by atoms with Gasteiger partial charge in [0.25, 0.3) is 0 Å². The van der Waals surface area contributed by atoms with E-state index in [1.165, 1.54) is 32.4 Å². The van der Waals surface area contributed by atoms with Gasteiger partial charge >= 0.3 is 5.97 Å². The van der Waals surface area contributed by atoms with Gasteiger partial charge in [0, 0.05) is 33.7 Å². The minimum absolute atomic E-state index is 0.00943. The summed E-state index contributed by atoms with van der Waals surface area (Å²) in [5.74, 6) is -4.01. The molecule has 3 rings (SSSR count). The van der Waals surface area contributed by atoms with Crippen molar-refractivity contribution in [1.82, 2.24) is 25.8 Å². The maximum atomic E-state index is 14.4. The lowest BCUT2D eigenvalue weighted by atomic mass is 9.89. The number of likely N-dealkylation sites (tertiary alicyclic amines) is 1. The van der Waals surface area contributed by atoms with Crippen molar-refractivity contribution in [2.45, 2.75) is 129 Å². The molecule has 14 heteroatoms. The number of piperidine rings is 1. The average Bonchev–Trinajstić information content (AvgIpc) is 3.78. The van der Waals surface area contributed by atoms with Crippen LogP contribution in [0.2, 0.25) is 0 Å². The molecule has 1 unspecified atom stereocenters. The van der Waals surface area contributed by atoms with E-state index in [-0.39, 0.29) is 65.8 Å². The third-order valence-electron chi connectivity index (χ3n) is 11.6. The van der Waals surface area contributed by atoms with Crippen LogP contribution in [0.1, 0.15) is 79.7 Å². The van der Waals surface area contributed by atoms with Gasteiger partial charge in [-0.05, 0) is 55.2 Å². The van der Waals surface area contributed by atoms with Crippen molar-refractivity contribution in [2.24, 2.45) is 29.6 Å². The summed E-state index contributed by atoms with van der Waals surface area (Å²) in [6, 6.07) is 2.21. The summed E-state index contributed by atoms with van der Waals surface area (Å²) in [6.45, 7) is 13.3. The number of halogens is 1. The molecule has 0 bridgehead atoms. The Kier molecular flexibility index (Phi) is 16.4. The van der Waals surface area contributed by atoms with Crippen LogP contribution in [0.15, 0.2) is 24.3 Å². The molecule has 304 valence electrons. The Bertz CT molecular complexity index is 1460. The molecule has 54 heavy (non-hydrogen) atoms. The van der Waals surface area contributed by atoms with E-state index < -0.39 is 66.0 Å². The highest BCUT2D eigenvalue weighted by molar-refractivity contribution is 5.90. The standard InChI is InChI=1S/C40H64FN5O8/c1-12-23(6)35(45(9)39(50)34(22(4)5)44-38(49)33(42-8)21(2)3)31(53-10)20-32(47)46-29-18-26(29)19-30(46)36(54-11)24(7)37(48)43-28(40(51)52)17-25-15-13-14-16-27(25)41/h13-16,21-24,26,28-31,33-36,42H,12,17-20H2,1-11H3,(H,43,48)(H,44,49)(H,51,52)/t23-,24+,26-,28?,29-,30-,31+,33-,34-,35-,36+/m0/s1. The zero-order valence-corrected chi connectivity index (χ0v) is 33.9. The van der Waals surface area contributed by atoms with E-state index in [9.17, 15) is 33.5 Å². The number of nitrogens with one attached hydrogen (secondary N) is 3. The molecule has 4 amide bonds. The van der Waals surface area contributed by atoms with Gasteiger partial charge in [0.05, 0.1) is 42.7 Å². The third-order valence-corrected chi connectivity index (χ3v) is 11.6. The number of carboxylic acids is 1. The zero-order chi connectivity index (χ0) is 40.6. The largest absolute Gasteiger partial charge is 0.480 e. The molecule has 1 heterocycles. The summed E-state index contributed by atoms with van der Waals surface area (Å²) in [7, 11) is 6.41. The number of nitrogens with zero attached hydrogens (tertiary/aromatic N) is 2. The average molecular weight is 762 g/mol. The highest BCUT2D eigenvalue weighted by atomic mass is 19.1. The molecule has 0 spiro atoms. The van der Waals surface area contributed by atoms with Crippen molar-refractivity contribution in [3.8, 4) is 0 Å². The topological polar surface area (TPSA) is 167 Å². The second-order valence-corrected chi connectivity index (χ2v) is 15.9. The highest BCUT2D eigenvalue weighted by Crippen LogP contribution is 2.50. The van der Waals surface area contributed by atoms with Crippen LogP contribution < -0.4 is 16.0 Å². The summed E-state index contributed by atoms with van der Waals surface area (Å²) in [4.78, 5) is 70.8. The fourth-order valence-electron chi connectivity index (χ4n) is 8.14. The second-order valence-electron chi connectivity index (χ2n) is 15.9. The van der Waals surface area contributed by atoms with Crippen molar-refractivity contribution in [1.29, 1.82) is 0 Å². The lowest BCUT2D eigenvalue weighted by Crippen LogP contribution is -2.59. The molecule has 1 saturated carbocycles. The fourth-order valence-corrected chi connectivity index (χ4v) is 8.14. The zero-order valence-electron chi connectivity index (χ0n) is 33.9. The first-order chi connectivity index (χ1) is 25.4. The predicted molar refractivity (Wildman–Crippen MR) is 203 cm³/mol. The molecule has 1 aliphatic carbocycles. The van der Waals surface area contributed by atoms with E-state index in [0.717, 1.165) is 6.42 Å². The number of carbonyl (C=O) groups excluding carboxylic acids is 4. The molecule has 11 atom stereocenters. The van der Waals surface area contributed by atoms with Crippen LogP contribution in [0.25, 0.3) is 0 Å². The van der Waals surface area contributed by atoms with Crippen LogP contribution in [0.3, 0.4) is 0 Å². The number of ether oxygens (including phenoxy) is 2. The summed E-state index contributed by atoms with van der Waals surface area (Å²) < 4.78 is 26.2. The van der Waals surface area contributed by atoms with Gasteiger partial charge in [-0.25, -0.2) is 9.18 Å². The number of methoxy groups -OCH3 is 2. The monoisotopic (exact) mass is 761 g/mol. The first-order valence-corrected chi connectivity index (χ1v) is 19.3. The van der Waals surface area contributed by atoms with Gasteiger partial charge in [-0.2, -0.15) is 0 Å². The number of carbonyl (C=O) groups is 5. The summed E-state index contributed by atoms with van der Waals surface area (Å²) in [5.41, 5.74) is 0.169. The molecular formula is C40H64FN5O8. The SMILES string of the molecule is CC[C@H](C)[C@@H]([C@@H](CC(=O)N1[C@H]2C[C@H]2C[C@H]1[C@H](OC)[C@@H](C)C(=O)NC(Cc1ccccc1F)C(=O)O)OC)N(C)C(=O)[C@@H](NC(=O)[C@@H](NC)C(C)C)C(C)C. The fraction of sp³-hybridized carbons (Fsp3) is 0.725. The quantitative estimate of drug-likeness (QED) is 0.147. The molecular weight excluding hydrogens is 697 g/mol. The van der Waals surface area contributed by atoms with Gasteiger partial charge in [-0.3, -0.25) is 19.2 Å². The van der Waals surface area contributed by atoms with E-state index in [1.807, 2.05) is 41.5 Å². The normalized spacial score (nSPS) is 22.3. The number of carboxylic acid groups (broad SMARTS) is 1. The Labute approximate surface area is 320 Å². The molecule has 1 saturated heterocycles. The minimum Gasteiger partial charge on any atom is -0.480 e. The second kappa shape index (κ2) is 19.8.